The molecule has 7 nitrogen and oxygen atoms in total. The first kappa shape index (κ1) is 24.8. The molecule has 0 aromatic heterocycles. The Labute approximate surface area is 204 Å². The summed E-state index contributed by atoms with van der Waals surface area (Å²) in [5.74, 6) is 0. The number of benzene rings is 1. The lowest BCUT2D eigenvalue weighted by Gasteiger charge is -2.49. The number of rotatable bonds is 3. The van der Waals surface area contributed by atoms with Crippen LogP contribution in [0.25, 0.3) is 0 Å². The van der Waals surface area contributed by atoms with Crippen molar-refractivity contribution in [3.05, 3.63) is 35.9 Å². The van der Waals surface area contributed by atoms with E-state index >= 15 is 0 Å². The number of nitrogens with zero attached hydrogens (tertiary/aromatic N) is 3. The van der Waals surface area contributed by atoms with E-state index in [-0.39, 0.29) is 17.6 Å². The Balaban J connectivity index is 1.20. The molecule has 0 radical (unpaired) electrons. The predicted molar refractivity (Wildman–Crippen MR) is 132 cm³/mol. The smallest absolute Gasteiger partial charge is 0.410 e. The number of amides is 2. The van der Waals surface area contributed by atoms with Crippen LogP contribution in [0.2, 0.25) is 0 Å². The minimum absolute atomic E-state index is 0.166. The van der Waals surface area contributed by atoms with E-state index in [9.17, 15) is 9.59 Å². The van der Waals surface area contributed by atoms with Crippen molar-refractivity contribution in [2.24, 2.45) is 5.41 Å². The molecule has 3 aliphatic rings. The summed E-state index contributed by atoms with van der Waals surface area (Å²) in [6.45, 7) is 11.4. The number of likely N-dealkylation sites (tertiary alicyclic amines) is 3. The van der Waals surface area contributed by atoms with E-state index in [4.69, 9.17) is 9.47 Å². The van der Waals surface area contributed by atoms with Gasteiger partial charge in [-0.25, -0.2) is 9.59 Å². The first-order chi connectivity index (χ1) is 16.2. The highest BCUT2D eigenvalue weighted by Gasteiger charge is 2.42. The maximum atomic E-state index is 12.6. The summed E-state index contributed by atoms with van der Waals surface area (Å²) in [6.07, 6.45) is 6.14. The molecule has 7 heteroatoms. The van der Waals surface area contributed by atoms with Gasteiger partial charge in [0.15, 0.2) is 0 Å². The van der Waals surface area contributed by atoms with Gasteiger partial charge in [0, 0.05) is 32.2 Å². The van der Waals surface area contributed by atoms with Gasteiger partial charge in [0.05, 0.1) is 0 Å². The van der Waals surface area contributed by atoms with Crippen molar-refractivity contribution in [3.8, 4) is 0 Å². The standard InChI is InChI=1S/C27H41N3O4/c1-26(2,3)34-25(32)30-15-7-12-27(21-30)13-18-28(19-14-27)23-10-16-29(17-11-23)24(31)33-20-22-8-5-4-6-9-22/h4-6,8-9,23H,7,10-21H2,1-3H3. The quantitative estimate of drug-likeness (QED) is 0.627. The lowest BCUT2D eigenvalue weighted by molar-refractivity contribution is -0.0205. The van der Waals surface area contributed by atoms with E-state index in [1.54, 1.807) is 0 Å². The largest absolute Gasteiger partial charge is 0.445 e. The summed E-state index contributed by atoms with van der Waals surface area (Å²) < 4.78 is 11.1. The van der Waals surface area contributed by atoms with Crippen molar-refractivity contribution in [1.29, 1.82) is 0 Å². The molecule has 3 heterocycles. The zero-order valence-electron chi connectivity index (χ0n) is 21.1. The Morgan fingerprint density at radius 1 is 0.912 bits per heavy atom. The van der Waals surface area contributed by atoms with Gasteiger partial charge in [-0.1, -0.05) is 30.3 Å². The van der Waals surface area contributed by atoms with Crippen molar-refractivity contribution < 1.29 is 19.1 Å². The number of ether oxygens (including phenoxy) is 2. The van der Waals surface area contributed by atoms with Crippen LogP contribution < -0.4 is 0 Å². The monoisotopic (exact) mass is 471 g/mol. The van der Waals surface area contributed by atoms with E-state index in [2.05, 4.69) is 4.90 Å². The second-order valence-corrected chi connectivity index (χ2v) is 11.3. The van der Waals surface area contributed by atoms with Gasteiger partial charge in [0.2, 0.25) is 0 Å². The highest BCUT2D eigenvalue weighted by molar-refractivity contribution is 5.68. The average molecular weight is 472 g/mol. The molecule has 1 aromatic rings. The van der Waals surface area contributed by atoms with Crippen LogP contribution in [0.4, 0.5) is 9.59 Å². The summed E-state index contributed by atoms with van der Waals surface area (Å²) in [6, 6.07) is 10.4. The molecule has 188 valence electrons. The zero-order chi connectivity index (χ0) is 24.2. The fourth-order valence-corrected chi connectivity index (χ4v) is 5.69. The van der Waals surface area contributed by atoms with Crippen LogP contribution in [0.1, 0.15) is 64.9 Å². The molecule has 1 spiro atoms. The van der Waals surface area contributed by atoms with Gasteiger partial charge in [-0.05, 0) is 83.4 Å². The van der Waals surface area contributed by atoms with Crippen LogP contribution in [0.3, 0.4) is 0 Å². The summed E-state index contributed by atoms with van der Waals surface area (Å²) in [7, 11) is 0. The molecule has 0 saturated carbocycles. The average Bonchev–Trinajstić information content (AvgIpc) is 2.83. The van der Waals surface area contributed by atoms with E-state index < -0.39 is 5.60 Å². The Bertz CT molecular complexity index is 822. The van der Waals surface area contributed by atoms with Gasteiger partial charge in [-0.2, -0.15) is 0 Å². The summed E-state index contributed by atoms with van der Waals surface area (Å²) in [5.41, 5.74) is 0.794. The predicted octanol–water partition coefficient (Wildman–Crippen LogP) is 4.90. The molecule has 3 saturated heterocycles. The molecule has 1 aromatic carbocycles. The zero-order valence-corrected chi connectivity index (χ0v) is 21.1. The number of carbonyl (C=O) groups is 2. The van der Waals surface area contributed by atoms with Gasteiger partial charge >= 0.3 is 12.2 Å². The number of piperidine rings is 3. The lowest BCUT2D eigenvalue weighted by Crippen LogP contribution is -2.54. The Morgan fingerprint density at radius 2 is 1.59 bits per heavy atom. The van der Waals surface area contributed by atoms with Crippen LogP contribution in [-0.4, -0.2) is 77.8 Å². The first-order valence-electron chi connectivity index (χ1n) is 12.9. The lowest BCUT2D eigenvalue weighted by atomic mass is 9.72. The van der Waals surface area contributed by atoms with Crippen molar-refractivity contribution >= 4 is 12.2 Å². The molecule has 0 bridgehead atoms. The molecule has 4 rings (SSSR count). The first-order valence-corrected chi connectivity index (χ1v) is 12.9. The minimum atomic E-state index is -0.451. The molecule has 3 fully saturated rings. The molecule has 34 heavy (non-hydrogen) atoms. The molecular formula is C27H41N3O4. The van der Waals surface area contributed by atoms with E-state index in [0.717, 1.165) is 76.9 Å². The van der Waals surface area contributed by atoms with Crippen LogP contribution in [0, 0.1) is 5.41 Å². The summed E-state index contributed by atoms with van der Waals surface area (Å²) in [5, 5.41) is 0. The molecule has 0 aliphatic carbocycles. The minimum Gasteiger partial charge on any atom is -0.445 e. The highest BCUT2D eigenvalue weighted by atomic mass is 16.6. The van der Waals surface area contributed by atoms with Crippen molar-refractivity contribution in [3.63, 3.8) is 0 Å². The molecule has 0 N–H and O–H groups in total. The second-order valence-electron chi connectivity index (χ2n) is 11.3. The maximum absolute atomic E-state index is 12.6. The number of hydrogen-bond donors (Lipinski definition) is 0. The van der Waals surface area contributed by atoms with Gasteiger partial charge in [-0.15, -0.1) is 0 Å². The van der Waals surface area contributed by atoms with Gasteiger partial charge < -0.3 is 24.2 Å². The normalized spacial score (nSPS) is 22.0. The van der Waals surface area contributed by atoms with E-state index in [1.165, 1.54) is 6.42 Å². The third kappa shape index (κ3) is 6.44. The number of hydrogen-bond acceptors (Lipinski definition) is 5. The third-order valence-electron chi connectivity index (χ3n) is 7.62. The fraction of sp³-hybridized carbons (Fsp3) is 0.704. The van der Waals surface area contributed by atoms with E-state index in [0.29, 0.717) is 12.6 Å². The Morgan fingerprint density at radius 3 is 2.24 bits per heavy atom. The second kappa shape index (κ2) is 10.5. The van der Waals surface area contributed by atoms with Gasteiger partial charge in [0.25, 0.3) is 0 Å². The highest BCUT2D eigenvalue weighted by Crippen LogP contribution is 2.41. The Hall–Kier alpha value is -2.28. The molecule has 3 aliphatic heterocycles. The van der Waals surface area contributed by atoms with Crippen molar-refractivity contribution in [1.82, 2.24) is 14.7 Å². The van der Waals surface area contributed by atoms with Crippen LogP contribution >= 0.6 is 0 Å². The van der Waals surface area contributed by atoms with Gasteiger partial charge in [-0.3, -0.25) is 0 Å². The molecular weight excluding hydrogens is 430 g/mol. The maximum Gasteiger partial charge on any atom is 0.410 e. The fourth-order valence-electron chi connectivity index (χ4n) is 5.69. The van der Waals surface area contributed by atoms with Gasteiger partial charge in [0.1, 0.15) is 12.2 Å². The topological polar surface area (TPSA) is 62.3 Å². The van der Waals surface area contributed by atoms with Crippen molar-refractivity contribution in [2.75, 3.05) is 39.3 Å². The van der Waals surface area contributed by atoms with E-state index in [1.807, 2.05) is 60.9 Å². The summed E-state index contributed by atoms with van der Waals surface area (Å²) in [4.78, 5) is 31.5. The van der Waals surface area contributed by atoms with Crippen LogP contribution in [0.5, 0.6) is 0 Å². The summed E-state index contributed by atoms with van der Waals surface area (Å²) >= 11 is 0. The molecule has 2 amide bonds. The third-order valence-corrected chi connectivity index (χ3v) is 7.62. The molecule has 0 atom stereocenters. The Kier molecular flexibility index (Phi) is 7.70. The van der Waals surface area contributed by atoms with Crippen molar-refractivity contribution in [2.45, 2.75) is 77.5 Å². The van der Waals surface area contributed by atoms with Crippen LogP contribution in [0.15, 0.2) is 30.3 Å². The molecule has 0 unspecified atom stereocenters. The SMILES string of the molecule is CC(C)(C)OC(=O)N1CCCC2(CCN(C3CCN(C(=O)OCc4ccccc4)CC3)CC2)C1. The number of carbonyl (C=O) groups excluding carboxylic acids is 2. The van der Waals surface area contributed by atoms with Crippen LogP contribution in [-0.2, 0) is 16.1 Å².